The summed E-state index contributed by atoms with van der Waals surface area (Å²) in [6.45, 7) is 0. The molecule has 0 aliphatic rings. The highest BCUT2D eigenvalue weighted by Crippen LogP contribution is 2.41. The molecule has 0 radical (unpaired) electrons. The summed E-state index contributed by atoms with van der Waals surface area (Å²) < 4.78 is 7.26. The smallest absolute Gasteiger partial charge is 0.179 e. The van der Waals surface area contributed by atoms with Gasteiger partial charge in [-0.2, -0.15) is 5.26 Å². The molecule has 5 heteroatoms. The molecule has 0 fully saturated rings. The zero-order valence-corrected chi connectivity index (χ0v) is 36.9. The Kier molecular flexibility index (Phi) is 8.57. The average Bonchev–Trinajstić information content (AvgIpc) is 4.03. The Labute approximate surface area is 382 Å². The van der Waals surface area contributed by atoms with Gasteiger partial charge in [-0.3, -0.25) is 0 Å². The van der Waals surface area contributed by atoms with Crippen LogP contribution in [0.25, 0.3) is 82.5 Å². The van der Waals surface area contributed by atoms with Gasteiger partial charge in [-0.05, 0) is 87.5 Å². The quantitative estimate of drug-likeness (QED) is 0.116. The first-order valence-electron chi connectivity index (χ1n) is 22.5. The van der Waals surface area contributed by atoms with Gasteiger partial charge in [0.05, 0.1) is 50.4 Å². The lowest BCUT2D eigenvalue weighted by atomic mass is 10.1. The number of hydrogen-bond donors (Lipinski definition) is 0. The molecule has 0 saturated heterocycles. The van der Waals surface area contributed by atoms with Crippen LogP contribution in [0.1, 0.15) is 5.56 Å². The van der Waals surface area contributed by atoms with E-state index in [1.807, 2.05) is 12.1 Å². The molecule has 0 unspecified atom stereocenters. The lowest BCUT2D eigenvalue weighted by Gasteiger charge is -2.34. The summed E-state index contributed by atoms with van der Waals surface area (Å²) in [6.07, 6.45) is 0. The fraction of sp³-hybridized carbons (Fsp3) is 0. The summed E-state index contributed by atoms with van der Waals surface area (Å²) in [7, 11) is -2.80. The highest BCUT2D eigenvalue weighted by atomic mass is 28.3. The summed E-state index contributed by atoms with van der Waals surface area (Å²) in [5, 5.41) is 22.4. The zero-order chi connectivity index (χ0) is 43.8. The Morgan fingerprint density at radius 3 is 1.36 bits per heavy atom. The number of para-hydroxylation sites is 3. The molecule has 0 saturated carbocycles. The molecule has 10 aromatic carbocycles. The lowest BCUT2D eigenvalue weighted by Crippen LogP contribution is -2.74. The van der Waals surface area contributed by atoms with Gasteiger partial charge < -0.3 is 13.7 Å². The van der Waals surface area contributed by atoms with Gasteiger partial charge in [0, 0.05) is 43.7 Å². The maximum Gasteiger partial charge on any atom is 0.179 e. The second kappa shape index (κ2) is 15.0. The summed E-state index contributed by atoms with van der Waals surface area (Å²) in [5.74, 6) is 0. The minimum absolute atomic E-state index is 0.642. The number of fused-ring (bicyclic) bond motifs is 9. The van der Waals surface area contributed by atoms with Crippen molar-refractivity contribution in [3.8, 4) is 23.1 Å². The van der Waals surface area contributed by atoms with E-state index in [0.717, 1.165) is 60.9 Å². The number of hydrogen-bond acceptors (Lipinski definition) is 1. The van der Waals surface area contributed by atoms with E-state index in [1.54, 1.807) is 0 Å². The molecule has 4 nitrogen and oxygen atoms in total. The van der Waals surface area contributed by atoms with Gasteiger partial charge in [-0.15, -0.1) is 0 Å². The molecule has 0 aliphatic heterocycles. The lowest BCUT2D eigenvalue weighted by molar-refractivity contribution is 1.16. The fourth-order valence-corrected chi connectivity index (χ4v) is 15.9. The topological polar surface area (TPSA) is 38.6 Å². The van der Waals surface area contributed by atoms with E-state index in [1.165, 1.54) is 42.3 Å². The number of aromatic nitrogens is 3. The summed E-state index contributed by atoms with van der Waals surface area (Å²) in [6, 6.07) is 91.0. The molecule has 13 aromatic rings. The average molecular weight is 857 g/mol. The first-order chi connectivity index (χ1) is 32.7. The van der Waals surface area contributed by atoms with Crippen molar-refractivity contribution in [1.82, 2.24) is 13.7 Å². The van der Waals surface area contributed by atoms with Gasteiger partial charge in [-0.25, -0.2) is 0 Å². The van der Waals surface area contributed by atoms with Crippen molar-refractivity contribution in [3.63, 3.8) is 0 Å². The van der Waals surface area contributed by atoms with E-state index in [4.69, 9.17) is 0 Å². The first kappa shape index (κ1) is 37.8. The minimum atomic E-state index is -2.80. The van der Waals surface area contributed by atoms with E-state index < -0.39 is 8.07 Å². The Balaban J connectivity index is 1.08. The van der Waals surface area contributed by atoms with Crippen LogP contribution in [0.3, 0.4) is 0 Å². The number of rotatable bonds is 7. The second-order valence-electron chi connectivity index (χ2n) is 17.2. The largest absolute Gasteiger partial charge is 0.309 e. The Morgan fingerprint density at radius 1 is 0.303 bits per heavy atom. The molecule has 3 heterocycles. The monoisotopic (exact) mass is 856 g/mol. The molecule has 0 amide bonds. The second-order valence-corrected chi connectivity index (χ2v) is 21.0. The maximum absolute atomic E-state index is 9.98. The summed E-state index contributed by atoms with van der Waals surface area (Å²) in [4.78, 5) is 0. The zero-order valence-electron chi connectivity index (χ0n) is 35.9. The highest BCUT2D eigenvalue weighted by Gasteiger charge is 2.41. The van der Waals surface area contributed by atoms with Crippen LogP contribution in [-0.4, -0.2) is 21.8 Å². The number of benzene rings is 10. The first-order valence-corrected chi connectivity index (χ1v) is 24.5. The Morgan fingerprint density at radius 2 is 0.742 bits per heavy atom. The molecule has 3 aromatic heterocycles. The van der Waals surface area contributed by atoms with E-state index in [9.17, 15) is 5.26 Å². The summed E-state index contributed by atoms with van der Waals surface area (Å²) >= 11 is 0. The van der Waals surface area contributed by atoms with E-state index in [2.05, 4.69) is 250 Å². The number of nitriles is 1. The van der Waals surface area contributed by atoms with Crippen LogP contribution < -0.4 is 20.7 Å². The third-order valence-corrected chi connectivity index (χ3v) is 18.6. The van der Waals surface area contributed by atoms with Crippen LogP contribution in [0.4, 0.5) is 0 Å². The van der Waals surface area contributed by atoms with E-state index in [-0.39, 0.29) is 0 Å². The van der Waals surface area contributed by atoms with Crippen molar-refractivity contribution in [2.75, 3.05) is 0 Å². The molecule has 0 bridgehead atoms. The normalized spacial score (nSPS) is 11.9. The van der Waals surface area contributed by atoms with Crippen LogP contribution >= 0.6 is 0 Å². The van der Waals surface area contributed by atoms with Crippen molar-refractivity contribution in [1.29, 1.82) is 5.26 Å². The highest BCUT2D eigenvalue weighted by molar-refractivity contribution is 7.19. The van der Waals surface area contributed by atoms with Crippen LogP contribution in [0.2, 0.25) is 0 Å². The fourth-order valence-electron chi connectivity index (χ4n) is 11.1. The van der Waals surface area contributed by atoms with Crippen molar-refractivity contribution >= 4 is 94.2 Å². The van der Waals surface area contributed by atoms with Crippen LogP contribution in [0.15, 0.2) is 243 Å². The van der Waals surface area contributed by atoms with Gasteiger partial charge in [0.2, 0.25) is 0 Å². The van der Waals surface area contributed by atoms with Gasteiger partial charge in [-0.1, -0.05) is 176 Å². The Bertz CT molecular complexity index is 3960. The SMILES string of the molecule is N#Cc1ccc2c3ccccc3n(-c3ccc4c5ccccc5n(-c5cccc6c5c5ccccc5n6-c5cccc([Si](c6ccccc6)(c6ccccc6)c6ccccc6)c5)c4c3)c2c1. The molecule has 0 N–H and O–H groups in total. The summed E-state index contributed by atoms with van der Waals surface area (Å²) in [5.41, 5.74) is 10.6. The van der Waals surface area contributed by atoms with Crippen molar-refractivity contribution < 1.29 is 0 Å². The van der Waals surface area contributed by atoms with Crippen molar-refractivity contribution in [2.45, 2.75) is 0 Å². The van der Waals surface area contributed by atoms with Crippen LogP contribution in [0.5, 0.6) is 0 Å². The Hall–Kier alpha value is -8.69. The van der Waals surface area contributed by atoms with Crippen molar-refractivity contribution in [3.05, 3.63) is 248 Å². The van der Waals surface area contributed by atoms with Crippen LogP contribution in [-0.2, 0) is 0 Å². The molecule has 0 spiro atoms. The molecule has 66 heavy (non-hydrogen) atoms. The van der Waals surface area contributed by atoms with E-state index >= 15 is 0 Å². The van der Waals surface area contributed by atoms with Crippen LogP contribution in [0, 0.1) is 11.3 Å². The van der Waals surface area contributed by atoms with Gasteiger partial charge >= 0.3 is 0 Å². The molecular weight excluding hydrogens is 817 g/mol. The predicted octanol–water partition coefficient (Wildman–Crippen LogP) is 12.2. The molecule has 308 valence electrons. The molecular formula is C61H40N4Si. The van der Waals surface area contributed by atoms with Crippen molar-refractivity contribution in [2.24, 2.45) is 0 Å². The molecule has 13 rings (SSSR count). The number of nitrogens with zero attached hydrogens (tertiary/aromatic N) is 4. The van der Waals surface area contributed by atoms with Gasteiger partial charge in [0.1, 0.15) is 0 Å². The third-order valence-electron chi connectivity index (χ3n) is 13.8. The minimum Gasteiger partial charge on any atom is -0.309 e. The maximum atomic E-state index is 9.98. The molecule has 0 atom stereocenters. The molecule has 0 aliphatic carbocycles. The predicted molar refractivity (Wildman–Crippen MR) is 278 cm³/mol. The third kappa shape index (κ3) is 5.49. The standard InChI is InChI=1S/C61H40N4Si/c62-41-42-34-36-51-49-26-10-13-29-54(49)64(59(51)38-42)44-35-37-52-50-27-11-14-30-55(50)65(60(52)40-44)58-33-17-32-57-61(58)53-28-12-15-31-56(53)63(57)43-18-16-25-48(39-43)66(45-19-4-1-5-20-45,46-21-6-2-7-22-46)47-23-8-3-9-24-47/h1-40H. The van der Waals surface area contributed by atoms with Gasteiger partial charge in [0.25, 0.3) is 0 Å². The van der Waals surface area contributed by atoms with Gasteiger partial charge in [0.15, 0.2) is 8.07 Å². The van der Waals surface area contributed by atoms with E-state index in [0.29, 0.717) is 5.56 Å².